The summed E-state index contributed by atoms with van der Waals surface area (Å²) in [5.74, 6) is 0.742. The van der Waals surface area contributed by atoms with E-state index in [1.807, 2.05) is 6.92 Å². The summed E-state index contributed by atoms with van der Waals surface area (Å²) in [6.45, 7) is 11.6. The Morgan fingerprint density at radius 3 is 2.00 bits per heavy atom. The molecule has 0 saturated carbocycles. The summed E-state index contributed by atoms with van der Waals surface area (Å²) in [6, 6.07) is 0.160. The van der Waals surface area contributed by atoms with Crippen molar-refractivity contribution in [1.82, 2.24) is 0 Å². The molecule has 0 bridgehead atoms. The van der Waals surface area contributed by atoms with Gasteiger partial charge in [0.05, 0.1) is 5.60 Å². The average molecular weight is 215 g/mol. The van der Waals surface area contributed by atoms with Gasteiger partial charge in [-0.2, -0.15) is 0 Å². The fourth-order valence-electron chi connectivity index (χ4n) is 2.03. The highest BCUT2D eigenvalue weighted by Crippen LogP contribution is 2.25. The highest BCUT2D eigenvalue weighted by atomic mass is 16.5. The van der Waals surface area contributed by atoms with Crippen LogP contribution < -0.4 is 5.73 Å². The molecular formula is C13H29NO. The Bertz CT molecular complexity index is 157. The van der Waals surface area contributed by atoms with Gasteiger partial charge in [0.1, 0.15) is 0 Å². The van der Waals surface area contributed by atoms with E-state index < -0.39 is 0 Å². The van der Waals surface area contributed by atoms with Crippen molar-refractivity contribution in [3.63, 3.8) is 0 Å². The molecule has 0 rings (SSSR count). The summed E-state index contributed by atoms with van der Waals surface area (Å²) in [7, 11) is 0. The van der Waals surface area contributed by atoms with Gasteiger partial charge >= 0.3 is 0 Å². The van der Waals surface area contributed by atoms with Gasteiger partial charge in [0.2, 0.25) is 0 Å². The molecule has 2 nitrogen and oxygen atoms in total. The predicted molar refractivity (Wildman–Crippen MR) is 67.0 cm³/mol. The molecule has 0 spiro atoms. The van der Waals surface area contributed by atoms with Crippen LogP contribution in [0, 0.1) is 5.92 Å². The lowest BCUT2D eigenvalue weighted by molar-refractivity contribution is -0.0511. The van der Waals surface area contributed by atoms with Gasteiger partial charge in [0.25, 0.3) is 0 Å². The molecule has 0 heterocycles. The second-order valence-electron chi connectivity index (χ2n) is 4.62. The van der Waals surface area contributed by atoms with E-state index in [1.54, 1.807) is 0 Å². The van der Waals surface area contributed by atoms with Crippen LogP contribution in [0.25, 0.3) is 0 Å². The zero-order chi connectivity index (χ0) is 11.9. The fraction of sp³-hybridized carbons (Fsp3) is 1.00. The summed E-state index contributed by atoms with van der Waals surface area (Å²) in [4.78, 5) is 0. The maximum absolute atomic E-state index is 6.28. The van der Waals surface area contributed by atoms with Crippen molar-refractivity contribution < 1.29 is 4.74 Å². The maximum Gasteiger partial charge on any atom is 0.0801 e. The van der Waals surface area contributed by atoms with E-state index in [9.17, 15) is 0 Å². The maximum atomic E-state index is 6.28. The first-order valence-electron chi connectivity index (χ1n) is 6.43. The molecule has 0 fully saturated rings. The second-order valence-corrected chi connectivity index (χ2v) is 4.62. The van der Waals surface area contributed by atoms with E-state index in [0.717, 1.165) is 25.4 Å². The van der Waals surface area contributed by atoms with Gasteiger partial charge in [-0.3, -0.25) is 0 Å². The fourth-order valence-corrected chi connectivity index (χ4v) is 2.03. The van der Waals surface area contributed by atoms with Crippen molar-refractivity contribution in [3.8, 4) is 0 Å². The lowest BCUT2D eigenvalue weighted by atomic mass is 9.85. The molecule has 0 radical (unpaired) electrons. The number of rotatable bonds is 8. The topological polar surface area (TPSA) is 35.2 Å². The number of hydrogen-bond acceptors (Lipinski definition) is 2. The summed E-state index contributed by atoms with van der Waals surface area (Å²) >= 11 is 0. The zero-order valence-electron chi connectivity index (χ0n) is 11.2. The van der Waals surface area contributed by atoms with E-state index >= 15 is 0 Å². The quantitative estimate of drug-likeness (QED) is 0.674. The van der Waals surface area contributed by atoms with Gasteiger partial charge in [-0.05, 0) is 32.6 Å². The van der Waals surface area contributed by atoms with Crippen LogP contribution in [0.2, 0.25) is 0 Å². The van der Waals surface area contributed by atoms with Crippen LogP contribution in [0.4, 0.5) is 0 Å². The molecule has 0 aliphatic heterocycles. The minimum absolute atomic E-state index is 0.142. The largest absolute Gasteiger partial charge is 0.374 e. The van der Waals surface area contributed by atoms with Crippen LogP contribution in [0.15, 0.2) is 0 Å². The molecule has 2 heteroatoms. The minimum atomic E-state index is -0.142. The molecule has 2 N–H and O–H groups in total. The molecule has 0 aromatic carbocycles. The van der Waals surface area contributed by atoms with Crippen molar-refractivity contribution in [2.24, 2.45) is 11.7 Å². The smallest absolute Gasteiger partial charge is 0.0801 e. The van der Waals surface area contributed by atoms with Gasteiger partial charge in [-0.1, -0.05) is 33.6 Å². The SMILES string of the molecule is CCOC(C)(CC)C(N)CC(CC)CC. The predicted octanol–water partition coefficient (Wildman–Crippen LogP) is 3.35. The second kappa shape index (κ2) is 7.24. The van der Waals surface area contributed by atoms with Gasteiger partial charge in [-0.15, -0.1) is 0 Å². The third-order valence-corrected chi connectivity index (χ3v) is 3.70. The Kier molecular flexibility index (Phi) is 7.20. The zero-order valence-corrected chi connectivity index (χ0v) is 11.2. The first-order chi connectivity index (χ1) is 7.03. The van der Waals surface area contributed by atoms with Crippen LogP contribution in [0.1, 0.15) is 60.3 Å². The van der Waals surface area contributed by atoms with Gasteiger partial charge in [0.15, 0.2) is 0 Å². The van der Waals surface area contributed by atoms with E-state index in [4.69, 9.17) is 10.5 Å². The minimum Gasteiger partial charge on any atom is -0.374 e. The first kappa shape index (κ1) is 14.9. The summed E-state index contributed by atoms with van der Waals surface area (Å²) in [6.07, 6.45) is 4.51. The Morgan fingerprint density at radius 2 is 1.67 bits per heavy atom. The molecule has 92 valence electrons. The van der Waals surface area contributed by atoms with Crippen LogP contribution in [-0.2, 0) is 4.74 Å². The van der Waals surface area contributed by atoms with Gasteiger partial charge < -0.3 is 10.5 Å². The number of ether oxygens (including phenoxy) is 1. The van der Waals surface area contributed by atoms with Crippen molar-refractivity contribution in [2.75, 3.05) is 6.61 Å². The molecule has 0 aliphatic carbocycles. The van der Waals surface area contributed by atoms with E-state index in [2.05, 4.69) is 27.7 Å². The summed E-state index contributed by atoms with van der Waals surface area (Å²) in [5, 5.41) is 0. The highest BCUT2D eigenvalue weighted by molar-refractivity contribution is 4.87. The Balaban J connectivity index is 4.30. The van der Waals surface area contributed by atoms with Crippen molar-refractivity contribution in [3.05, 3.63) is 0 Å². The molecule has 0 aromatic heterocycles. The molecule has 0 aromatic rings. The Hall–Kier alpha value is -0.0800. The summed E-state index contributed by atoms with van der Waals surface area (Å²) < 4.78 is 5.81. The molecule has 2 unspecified atom stereocenters. The van der Waals surface area contributed by atoms with Crippen molar-refractivity contribution in [2.45, 2.75) is 71.9 Å². The monoisotopic (exact) mass is 215 g/mol. The molecular weight excluding hydrogens is 186 g/mol. The summed E-state index contributed by atoms with van der Waals surface area (Å²) in [5.41, 5.74) is 6.13. The third-order valence-electron chi connectivity index (χ3n) is 3.70. The Morgan fingerprint density at radius 1 is 1.13 bits per heavy atom. The Labute approximate surface area is 95.6 Å². The van der Waals surface area contributed by atoms with E-state index in [-0.39, 0.29) is 11.6 Å². The molecule has 0 aliphatic rings. The van der Waals surface area contributed by atoms with Gasteiger partial charge in [0, 0.05) is 12.6 Å². The molecule has 15 heavy (non-hydrogen) atoms. The van der Waals surface area contributed by atoms with Crippen molar-refractivity contribution >= 4 is 0 Å². The van der Waals surface area contributed by atoms with Crippen LogP contribution in [0.5, 0.6) is 0 Å². The lowest BCUT2D eigenvalue weighted by Crippen LogP contribution is -2.48. The molecule has 0 saturated heterocycles. The van der Waals surface area contributed by atoms with Crippen molar-refractivity contribution in [1.29, 1.82) is 0 Å². The average Bonchev–Trinajstić information content (AvgIpc) is 2.25. The van der Waals surface area contributed by atoms with Crippen LogP contribution in [-0.4, -0.2) is 18.2 Å². The standard InChI is InChI=1S/C13H29NO/c1-6-11(7-2)10-12(14)13(5,8-3)15-9-4/h11-12H,6-10,14H2,1-5H3. The lowest BCUT2D eigenvalue weighted by Gasteiger charge is -2.36. The molecule has 2 atom stereocenters. The number of hydrogen-bond donors (Lipinski definition) is 1. The normalized spacial score (nSPS) is 17.8. The number of nitrogens with two attached hydrogens (primary N) is 1. The van der Waals surface area contributed by atoms with Gasteiger partial charge in [-0.25, -0.2) is 0 Å². The molecule has 0 amide bonds. The van der Waals surface area contributed by atoms with Crippen LogP contribution in [0.3, 0.4) is 0 Å². The first-order valence-corrected chi connectivity index (χ1v) is 6.43. The van der Waals surface area contributed by atoms with E-state index in [1.165, 1.54) is 12.8 Å². The third kappa shape index (κ3) is 4.52. The van der Waals surface area contributed by atoms with Crippen LogP contribution >= 0.6 is 0 Å². The highest BCUT2D eigenvalue weighted by Gasteiger charge is 2.31. The van der Waals surface area contributed by atoms with E-state index in [0.29, 0.717) is 0 Å².